The third kappa shape index (κ3) is 5.27. The lowest BCUT2D eigenvalue weighted by Crippen LogP contribution is -2.35. The molecule has 1 unspecified atom stereocenters. The summed E-state index contributed by atoms with van der Waals surface area (Å²) in [5, 5.41) is 10.3. The van der Waals surface area contributed by atoms with Crippen LogP contribution in [0.15, 0.2) is 83.4 Å². The monoisotopic (exact) mass is 481 g/mol. The van der Waals surface area contributed by atoms with E-state index in [9.17, 15) is 9.59 Å². The molecule has 1 aliphatic rings. The lowest BCUT2D eigenvalue weighted by atomic mass is 10.0. The van der Waals surface area contributed by atoms with Gasteiger partial charge in [-0.05, 0) is 54.8 Å². The summed E-state index contributed by atoms with van der Waals surface area (Å²) in [4.78, 5) is 31.8. The van der Waals surface area contributed by atoms with Crippen molar-refractivity contribution in [3.05, 3.63) is 90.3 Å². The van der Waals surface area contributed by atoms with Crippen LogP contribution in [0.2, 0.25) is 0 Å². The Morgan fingerprint density at radius 3 is 2.50 bits per heavy atom. The Bertz CT molecular complexity index is 1350. The molecule has 0 spiro atoms. The van der Waals surface area contributed by atoms with Crippen molar-refractivity contribution in [1.29, 1.82) is 0 Å². The SMILES string of the molecule is Cc1nc(-c2cccc(NC(=O)C(Nc3ccc(N4CCCCC4=O)cc3)c3ccccc3)c2)no1. The van der Waals surface area contributed by atoms with Crippen molar-refractivity contribution in [3.8, 4) is 11.4 Å². The lowest BCUT2D eigenvalue weighted by Gasteiger charge is -2.27. The van der Waals surface area contributed by atoms with Crippen molar-refractivity contribution < 1.29 is 14.1 Å². The van der Waals surface area contributed by atoms with E-state index in [1.807, 2.05) is 83.8 Å². The molecular weight excluding hydrogens is 454 g/mol. The standard InChI is InChI=1S/C28H27N5O3/c1-19-29-27(32-36-19)21-10-7-11-23(18-21)31-28(35)26(20-8-3-2-4-9-20)30-22-13-15-24(16-14-22)33-17-6-5-12-25(33)34/h2-4,7-11,13-16,18,26,30H,5-6,12,17H2,1H3,(H,31,35). The van der Waals surface area contributed by atoms with E-state index >= 15 is 0 Å². The van der Waals surface area contributed by atoms with E-state index in [2.05, 4.69) is 20.8 Å². The highest BCUT2D eigenvalue weighted by molar-refractivity contribution is 5.98. The molecule has 1 aliphatic heterocycles. The average molecular weight is 482 g/mol. The molecule has 0 saturated carbocycles. The van der Waals surface area contributed by atoms with Gasteiger partial charge >= 0.3 is 0 Å². The summed E-state index contributed by atoms with van der Waals surface area (Å²) in [6, 6.07) is 23.9. The van der Waals surface area contributed by atoms with Gasteiger partial charge in [-0.3, -0.25) is 9.59 Å². The first-order chi connectivity index (χ1) is 17.6. The fraction of sp³-hybridized carbons (Fsp3) is 0.214. The van der Waals surface area contributed by atoms with Gasteiger partial charge in [0.2, 0.25) is 17.6 Å². The van der Waals surface area contributed by atoms with Gasteiger partial charge in [0.1, 0.15) is 6.04 Å². The van der Waals surface area contributed by atoms with Crippen molar-refractivity contribution in [3.63, 3.8) is 0 Å². The van der Waals surface area contributed by atoms with Gasteiger partial charge in [-0.2, -0.15) is 4.98 Å². The first-order valence-electron chi connectivity index (χ1n) is 12.0. The predicted molar refractivity (Wildman–Crippen MR) is 139 cm³/mol. The van der Waals surface area contributed by atoms with E-state index in [1.165, 1.54) is 0 Å². The molecular formula is C28H27N5O3. The van der Waals surface area contributed by atoms with Crippen molar-refractivity contribution in [1.82, 2.24) is 10.1 Å². The molecule has 2 N–H and O–H groups in total. The summed E-state index contributed by atoms with van der Waals surface area (Å²) in [6.45, 7) is 2.47. The Kier molecular flexibility index (Phi) is 6.75. The minimum absolute atomic E-state index is 0.154. The summed E-state index contributed by atoms with van der Waals surface area (Å²) >= 11 is 0. The predicted octanol–water partition coefficient (Wildman–Crippen LogP) is 5.35. The minimum atomic E-state index is -0.634. The summed E-state index contributed by atoms with van der Waals surface area (Å²) in [6.07, 6.45) is 2.54. The molecule has 4 aromatic rings. The quantitative estimate of drug-likeness (QED) is 0.369. The summed E-state index contributed by atoms with van der Waals surface area (Å²) in [7, 11) is 0. The normalized spacial score (nSPS) is 14.4. The van der Waals surface area contributed by atoms with E-state index in [-0.39, 0.29) is 11.8 Å². The van der Waals surface area contributed by atoms with Crippen LogP contribution in [0.25, 0.3) is 11.4 Å². The van der Waals surface area contributed by atoms with Gasteiger partial charge in [-0.15, -0.1) is 0 Å². The van der Waals surface area contributed by atoms with Crippen LogP contribution in [0, 0.1) is 6.92 Å². The van der Waals surface area contributed by atoms with E-state index in [0.29, 0.717) is 23.8 Å². The van der Waals surface area contributed by atoms with Crippen molar-refractivity contribution in [2.24, 2.45) is 0 Å². The number of hydrogen-bond donors (Lipinski definition) is 2. The second kappa shape index (κ2) is 10.4. The maximum Gasteiger partial charge on any atom is 0.251 e. The molecule has 1 saturated heterocycles. The highest BCUT2D eigenvalue weighted by Gasteiger charge is 2.22. The Labute approximate surface area is 209 Å². The fourth-order valence-electron chi connectivity index (χ4n) is 4.30. The van der Waals surface area contributed by atoms with Crippen LogP contribution in [0.1, 0.15) is 36.8 Å². The van der Waals surface area contributed by atoms with Gasteiger partial charge in [0, 0.05) is 42.5 Å². The highest BCUT2D eigenvalue weighted by atomic mass is 16.5. The Morgan fingerprint density at radius 2 is 1.78 bits per heavy atom. The van der Waals surface area contributed by atoms with E-state index in [4.69, 9.17) is 4.52 Å². The Hall–Kier alpha value is -4.46. The van der Waals surface area contributed by atoms with Crippen LogP contribution in [0.3, 0.4) is 0 Å². The molecule has 182 valence electrons. The third-order valence-electron chi connectivity index (χ3n) is 6.12. The first kappa shape index (κ1) is 23.3. The van der Waals surface area contributed by atoms with Gasteiger partial charge in [0.15, 0.2) is 0 Å². The lowest BCUT2D eigenvalue weighted by molar-refractivity contribution is -0.119. The number of carbonyl (C=O) groups excluding carboxylic acids is 2. The van der Waals surface area contributed by atoms with Gasteiger partial charge in [-0.1, -0.05) is 47.6 Å². The highest BCUT2D eigenvalue weighted by Crippen LogP contribution is 2.27. The number of nitrogens with zero attached hydrogens (tertiary/aromatic N) is 3. The van der Waals surface area contributed by atoms with E-state index in [0.717, 1.165) is 41.9 Å². The van der Waals surface area contributed by atoms with E-state index in [1.54, 1.807) is 6.92 Å². The maximum absolute atomic E-state index is 13.5. The molecule has 1 aromatic heterocycles. The number of carbonyl (C=O) groups is 2. The molecule has 3 aromatic carbocycles. The number of piperidine rings is 1. The topological polar surface area (TPSA) is 100 Å². The minimum Gasteiger partial charge on any atom is -0.370 e. The molecule has 2 amide bonds. The van der Waals surface area contributed by atoms with Crippen LogP contribution in [-0.2, 0) is 9.59 Å². The van der Waals surface area contributed by atoms with Crippen molar-refractivity contribution in [2.75, 3.05) is 22.1 Å². The summed E-state index contributed by atoms with van der Waals surface area (Å²) in [5.41, 5.74) is 3.86. The third-order valence-corrected chi connectivity index (χ3v) is 6.12. The van der Waals surface area contributed by atoms with Gasteiger partial charge in [0.25, 0.3) is 5.91 Å². The number of aromatic nitrogens is 2. The van der Waals surface area contributed by atoms with Gasteiger partial charge in [0.05, 0.1) is 0 Å². The van der Waals surface area contributed by atoms with Gasteiger partial charge < -0.3 is 20.1 Å². The maximum atomic E-state index is 13.5. The number of hydrogen-bond acceptors (Lipinski definition) is 6. The number of amides is 2. The molecule has 0 radical (unpaired) electrons. The zero-order valence-electron chi connectivity index (χ0n) is 20.0. The molecule has 36 heavy (non-hydrogen) atoms. The first-order valence-corrected chi connectivity index (χ1v) is 12.0. The zero-order valence-corrected chi connectivity index (χ0v) is 20.0. The zero-order chi connectivity index (χ0) is 24.9. The Balaban J connectivity index is 1.35. The second-order valence-corrected chi connectivity index (χ2v) is 8.74. The van der Waals surface area contributed by atoms with Crippen molar-refractivity contribution >= 4 is 28.9 Å². The molecule has 0 aliphatic carbocycles. The van der Waals surface area contributed by atoms with Crippen LogP contribution in [0.4, 0.5) is 17.1 Å². The molecule has 1 fully saturated rings. The van der Waals surface area contributed by atoms with Crippen LogP contribution in [0.5, 0.6) is 0 Å². The molecule has 8 heteroatoms. The molecule has 0 bridgehead atoms. The molecule has 8 nitrogen and oxygen atoms in total. The largest absolute Gasteiger partial charge is 0.370 e. The van der Waals surface area contributed by atoms with Gasteiger partial charge in [-0.25, -0.2) is 0 Å². The molecule has 1 atom stereocenters. The fourth-order valence-corrected chi connectivity index (χ4v) is 4.30. The number of nitrogens with one attached hydrogen (secondary N) is 2. The second-order valence-electron chi connectivity index (χ2n) is 8.74. The van der Waals surface area contributed by atoms with Crippen molar-refractivity contribution in [2.45, 2.75) is 32.2 Å². The number of rotatable bonds is 7. The average Bonchev–Trinajstić information content (AvgIpc) is 3.35. The number of anilines is 3. The molecule has 5 rings (SSSR count). The number of benzene rings is 3. The smallest absolute Gasteiger partial charge is 0.251 e. The Morgan fingerprint density at radius 1 is 0.972 bits per heavy atom. The van der Waals surface area contributed by atoms with Crippen LogP contribution < -0.4 is 15.5 Å². The molecule has 2 heterocycles. The van der Waals surface area contributed by atoms with Crippen LogP contribution >= 0.6 is 0 Å². The van der Waals surface area contributed by atoms with Crippen LogP contribution in [-0.4, -0.2) is 28.5 Å². The number of aryl methyl sites for hydroxylation is 1. The van der Waals surface area contributed by atoms with E-state index < -0.39 is 6.04 Å². The summed E-state index contributed by atoms with van der Waals surface area (Å²) < 4.78 is 5.08. The summed E-state index contributed by atoms with van der Waals surface area (Å²) in [5.74, 6) is 0.886.